The predicted molar refractivity (Wildman–Crippen MR) is 73.3 cm³/mol. The second kappa shape index (κ2) is 5.64. The highest BCUT2D eigenvalue weighted by Crippen LogP contribution is 2.27. The van der Waals surface area contributed by atoms with Crippen LogP contribution in [-0.2, 0) is 0 Å². The third-order valence-electron chi connectivity index (χ3n) is 2.51. The molecule has 90 valence electrons. The lowest BCUT2D eigenvalue weighted by Crippen LogP contribution is -2.22. The summed E-state index contributed by atoms with van der Waals surface area (Å²) in [6.07, 6.45) is 1.65. The molecule has 1 aromatic heterocycles. The molecule has 2 aromatic rings. The highest BCUT2D eigenvalue weighted by atomic mass is 127. The first-order chi connectivity index (χ1) is 8.22. The summed E-state index contributed by atoms with van der Waals surface area (Å²) < 4.78 is 19.4. The van der Waals surface area contributed by atoms with E-state index in [2.05, 4.69) is 27.9 Å². The molecule has 2 rings (SSSR count). The van der Waals surface area contributed by atoms with Crippen molar-refractivity contribution in [1.29, 1.82) is 0 Å². The molecule has 1 aromatic carbocycles. The summed E-state index contributed by atoms with van der Waals surface area (Å²) in [6.45, 7) is 2.85. The van der Waals surface area contributed by atoms with Crippen molar-refractivity contribution in [2.45, 2.75) is 13.0 Å². The van der Waals surface area contributed by atoms with Crippen molar-refractivity contribution in [3.63, 3.8) is 0 Å². The lowest BCUT2D eigenvalue weighted by atomic mass is 10.0. The normalized spacial score (nSPS) is 12.6. The summed E-state index contributed by atoms with van der Waals surface area (Å²) >= 11 is 2.14. The van der Waals surface area contributed by atoms with Gasteiger partial charge in [0.05, 0.1) is 12.3 Å². The predicted octanol–water partition coefficient (Wildman–Crippen LogP) is 3.72. The lowest BCUT2D eigenvalue weighted by molar-refractivity contribution is 0.451. The Morgan fingerprint density at radius 3 is 2.82 bits per heavy atom. The molecule has 0 saturated heterocycles. The Labute approximate surface area is 113 Å². The zero-order chi connectivity index (χ0) is 12.3. The lowest BCUT2D eigenvalue weighted by Gasteiger charge is -2.17. The van der Waals surface area contributed by atoms with E-state index in [1.165, 1.54) is 12.1 Å². The van der Waals surface area contributed by atoms with Crippen LogP contribution in [0.1, 0.15) is 24.3 Å². The number of halogens is 2. The van der Waals surface area contributed by atoms with Crippen LogP contribution < -0.4 is 5.32 Å². The minimum absolute atomic E-state index is 0.0255. The fourth-order valence-electron chi connectivity index (χ4n) is 1.76. The topological polar surface area (TPSA) is 25.2 Å². The molecule has 0 bridgehead atoms. The van der Waals surface area contributed by atoms with Crippen molar-refractivity contribution >= 4 is 22.6 Å². The van der Waals surface area contributed by atoms with Crippen LogP contribution in [-0.4, -0.2) is 6.54 Å². The quantitative estimate of drug-likeness (QED) is 0.855. The SMILES string of the molecule is CCNC(c1ccco1)c1ccc(F)cc1I. The molecule has 1 N–H and O–H groups in total. The van der Waals surface area contributed by atoms with Gasteiger partial charge in [0.15, 0.2) is 0 Å². The zero-order valence-electron chi connectivity index (χ0n) is 9.41. The maximum Gasteiger partial charge on any atom is 0.125 e. The van der Waals surface area contributed by atoms with Crippen molar-refractivity contribution < 1.29 is 8.81 Å². The van der Waals surface area contributed by atoms with E-state index in [0.29, 0.717) is 0 Å². The number of rotatable bonds is 4. The van der Waals surface area contributed by atoms with E-state index in [0.717, 1.165) is 21.4 Å². The Morgan fingerprint density at radius 2 is 2.24 bits per heavy atom. The van der Waals surface area contributed by atoms with E-state index in [1.54, 1.807) is 12.3 Å². The number of benzene rings is 1. The molecule has 0 aliphatic carbocycles. The van der Waals surface area contributed by atoms with Gasteiger partial charge in [0.2, 0.25) is 0 Å². The number of hydrogen-bond acceptors (Lipinski definition) is 2. The first-order valence-electron chi connectivity index (χ1n) is 5.44. The third-order valence-corrected chi connectivity index (χ3v) is 3.44. The van der Waals surface area contributed by atoms with Gasteiger partial charge in [0.25, 0.3) is 0 Å². The maximum atomic E-state index is 13.1. The molecule has 0 saturated carbocycles. The van der Waals surface area contributed by atoms with Crippen LogP contribution in [0.15, 0.2) is 41.0 Å². The Balaban J connectivity index is 2.39. The van der Waals surface area contributed by atoms with Crippen molar-refractivity contribution in [1.82, 2.24) is 5.32 Å². The Bertz CT molecular complexity index is 484. The molecule has 0 aliphatic rings. The highest BCUT2D eigenvalue weighted by molar-refractivity contribution is 14.1. The van der Waals surface area contributed by atoms with Crippen LogP contribution in [0.25, 0.3) is 0 Å². The maximum absolute atomic E-state index is 13.1. The minimum Gasteiger partial charge on any atom is -0.467 e. The molecule has 0 spiro atoms. The fraction of sp³-hybridized carbons (Fsp3) is 0.231. The van der Waals surface area contributed by atoms with Gasteiger partial charge in [-0.25, -0.2) is 4.39 Å². The number of nitrogens with one attached hydrogen (secondary N) is 1. The zero-order valence-corrected chi connectivity index (χ0v) is 11.6. The van der Waals surface area contributed by atoms with Crippen molar-refractivity contribution in [3.8, 4) is 0 Å². The van der Waals surface area contributed by atoms with Crippen molar-refractivity contribution in [3.05, 3.63) is 57.3 Å². The first kappa shape index (κ1) is 12.6. The molecule has 0 amide bonds. The molecule has 17 heavy (non-hydrogen) atoms. The Kier molecular flexibility index (Phi) is 4.17. The van der Waals surface area contributed by atoms with Crippen LogP contribution >= 0.6 is 22.6 Å². The smallest absolute Gasteiger partial charge is 0.125 e. The second-order valence-electron chi connectivity index (χ2n) is 3.67. The van der Waals surface area contributed by atoms with Crippen LogP contribution in [0.5, 0.6) is 0 Å². The van der Waals surface area contributed by atoms with E-state index in [-0.39, 0.29) is 11.9 Å². The van der Waals surface area contributed by atoms with Gasteiger partial charge in [-0.15, -0.1) is 0 Å². The van der Waals surface area contributed by atoms with Gasteiger partial charge in [0, 0.05) is 3.57 Å². The van der Waals surface area contributed by atoms with E-state index >= 15 is 0 Å². The number of furan rings is 1. The third kappa shape index (κ3) is 2.87. The van der Waals surface area contributed by atoms with Gasteiger partial charge < -0.3 is 9.73 Å². The van der Waals surface area contributed by atoms with E-state index in [9.17, 15) is 4.39 Å². The molecule has 1 atom stereocenters. The molecule has 4 heteroatoms. The van der Waals surface area contributed by atoms with Gasteiger partial charge in [-0.3, -0.25) is 0 Å². The molecule has 0 radical (unpaired) electrons. The molecule has 0 aliphatic heterocycles. The standard InChI is InChI=1S/C13H13FINO/c1-2-16-13(12-4-3-7-17-12)10-6-5-9(14)8-11(10)15/h3-8,13,16H,2H2,1H3. The fourth-order valence-corrected chi connectivity index (χ4v) is 2.55. The van der Waals surface area contributed by atoms with Crippen LogP contribution in [0.2, 0.25) is 0 Å². The van der Waals surface area contributed by atoms with E-state index < -0.39 is 0 Å². The van der Waals surface area contributed by atoms with Crippen molar-refractivity contribution in [2.75, 3.05) is 6.54 Å². The Hall–Kier alpha value is -0.880. The van der Waals surface area contributed by atoms with Crippen molar-refractivity contribution in [2.24, 2.45) is 0 Å². The van der Waals surface area contributed by atoms with Crippen LogP contribution in [0, 0.1) is 9.39 Å². The summed E-state index contributed by atoms with van der Waals surface area (Å²) in [5.74, 6) is 0.629. The second-order valence-corrected chi connectivity index (χ2v) is 4.83. The molecule has 1 heterocycles. The summed E-state index contributed by atoms with van der Waals surface area (Å²) in [5.41, 5.74) is 1.03. The van der Waals surface area contributed by atoms with Gasteiger partial charge >= 0.3 is 0 Å². The van der Waals surface area contributed by atoms with Gasteiger partial charge in [0.1, 0.15) is 11.6 Å². The number of hydrogen-bond donors (Lipinski definition) is 1. The molecule has 1 unspecified atom stereocenters. The largest absolute Gasteiger partial charge is 0.467 e. The summed E-state index contributed by atoms with van der Waals surface area (Å²) in [7, 11) is 0. The van der Waals surface area contributed by atoms with Gasteiger partial charge in [-0.2, -0.15) is 0 Å². The van der Waals surface area contributed by atoms with Gasteiger partial charge in [-0.05, 0) is 59.0 Å². The average Bonchev–Trinajstić information content (AvgIpc) is 2.80. The highest BCUT2D eigenvalue weighted by Gasteiger charge is 2.18. The molecule has 0 fully saturated rings. The summed E-state index contributed by atoms with van der Waals surface area (Å²) in [6, 6.07) is 8.56. The van der Waals surface area contributed by atoms with Crippen LogP contribution in [0.3, 0.4) is 0 Å². The minimum atomic E-state index is -0.215. The van der Waals surface area contributed by atoms with E-state index in [4.69, 9.17) is 4.42 Å². The summed E-state index contributed by atoms with van der Waals surface area (Å²) in [5, 5.41) is 3.34. The van der Waals surface area contributed by atoms with Crippen LogP contribution in [0.4, 0.5) is 4.39 Å². The average molecular weight is 345 g/mol. The monoisotopic (exact) mass is 345 g/mol. The first-order valence-corrected chi connectivity index (χ1v) is 6.52. The van der Waals surface area contributed by atoms with E-state index in [1.807, 2.05) is 19.1 Å². The molecular weight excluding hydrogens is 332 g/mol. The summed E-state index contributed by atoms with van der Waals surface area (Å²) in [4.78, 5) is 0. The Morgan fingerprint density at radius 1 is 1.41 bits per heavy atom. The van der Waals surface area contributed by atoms with Gasteiger partial charge in [-0.1, -0.05) is 13.0 Å². The molecular formula is C13H13FINO. The molecule has 2 nitrogen and oxygen atoms in total.